The van der Waals surface area contributed by atoms with Gasteiger partial charge in [-0.1, -0.05) is 231 Å². The first-order valence-corrected chi connectivity index (χ1v) is 25.9. The molecule has 0 spiro atoms. The number of benzene rings is 14. The zero-order chi connectivity index (χ0) is 48.2. The number of hydrogen-bond donors (Lipinski definition) is 0. The molecule has 0 heteroatoms. The fraction of sp³-hybridized carbons (Fsp3) is 0. The first-order chi connectivity index (χ1) is 36.7. The van der Waals surface area contributed by atoms with Gasteiger partial charge >= 0.3 is 0 Å². The van der Waals surface area contributed by atoms with Gasteiger partial charge in [-0.25, -0.2) is 0 Å². The summed E-state index contributed by atoms with van der Waals surface area (Å²) >= 11 is 0. The Labute approximate surface area is 427 Å². The molecule has 1 aliphatic rings. The minimum absolute atomic E-state index is 1.21. The standard InChI is InChI=1S/C74H42/c1-3-17-43(18-4-1)45-22-13-24-48(39-45)66-65-42-63-54-30-12-11-29-53(54)57-33-16-34-61(69(57)63)71(65)67(49-25-14-23-46(40-49)44-19-5-2-6-20-44)74-64-41-47-21-7-8-26-50(47)70-60(37-38-62(72(64)70)73(66)74)55-35-36-59-52-28-10-9-27-51(52)56-31-15-32-58(55)68(56)59/h1-42H. The van der Waals surface area contributed by atoms with Crippen molar-refractivity contribution in [1.29, 1.82) is 0 Å². The molecule has 1 aliphatic carbocycles. The molecule has 74 heavy (non-hydrogen) atoms. The van der Waals surface area contributed by atoms with Gasteiger partial charge in [-0.2, -0.15) is 0 Å². The Morgan fingerprint density at radius 1 is 0.149 bits per heavy atom. The molecule has 0 radical (unpaired) electrons. The number of rotatable bonds is 5. The van der Waals surface area contributed by atoms with Gasteiger partial charge in [-0.3, -0.25) is 0 Å². The van der Waals surface area contributed by atoms with Crippen molar-refractivity contribution in [2.24, 2.45) is 0 Å². The third-order valence-electron chi connectivity index (χ3n) is 16.8. The maximum absolute atomic E-state index is 2.57. The first kappa shape index (κ1) is 40.0. The van der Waals surface area contributed by atoms with E-state index in [9.17, 15) is 0 Å². The fourth-order valence-corrected chi connectivity index (χ4v) is 13.9. The van der Waals surface area contributed by atoms with Gasteiger partial charge in [0.1, 0.15) is 0 Å². The molecule has 0 bridgehead atoms. The molecule has 0 saturated carbocycles. The van der Waals surface area contributed by atoms with Crippen LogP contribution in [0.2, 0.25) is 0 Å². The van der Waals surface area contributed by atoms with E-state index >= 15 is 0 Å². The van der Waals surface area contributed by atoms with E-state index in [0.29, 0.717) is 0 Å². The molecule has 0 nitrogen and oxygen atoms in total. The van der Waals surface area contributed by atoms with Crippen molar-refractivity contribution in [3.8, 4) is 77.9 Å². The summed E-state index contributed by atoms with van der Waals surface area (Å²) in [5.41, 5.74) is 17.6. The van der Waals surface area contributed by atoms with Crippen molar-refractivity contribution in [2.45, 2.75) is 0 Å². The molecule has 17 rings (SSSR count). The Morgan fingerprint density at radius 2 is 0.622 bits per heavy atom. The van der Waals surface area contributed by atoms with E-state index in [1.165, 1.54) is 175 Å². The predicted molar refractivity (Wildman–Crippen MR) is 318 cm³/mol. The third-order valence-corrected chi connectivity index (χ3v) is 16.8. The molecule has 16 aromatic carbocycles. The highest BCUT2D eigenvalue weighted by molar-refractivity contribution is 6.47. The van der Waals surface area contributed by atoms with Crippen LogP contribution in [0.1, 0.15) is 0 Å². The molecule has 0 heterocycles. The summed E-state index contributed by atoms with van der Waals surface area (Å²) in [6.07, 6.45) is 0. The Balaban J connectivity index is 1.11. The van der Waals surface area contributed by atoms with Crippen LogP contribution in [0.3, 0.4) is 0 Å². The number of hydrogen-bond acceptors (Lipinski definition) is 0. The van der Waals surface area contributed by atoms with Crippen molar-refractivity contribution < 1.29 is 0 Å². The van der Waals surface area contributed by atoms with Crippen LogP contribution in [0.5, 0.6) is 0 Å². The normalized spacial score (nSPS) is 12.3. The van der Waals surface area contributed by atoms with Crippen LogP contribution in [0.25, 0.3) is 175 Å². The summed E-state index contributed by atoms with van der Waals surface area (Å²) in [5, 5.41) is 23.4. The van der Waals surface area contributed by atoms with Gasteiger partial charge in [0.05, 0.1) is 0 Å². The van der Waals surface area contributed by atoms with E-state index in [2.05, 4.69) is 255 Å². The van der Waals surface area contributed by atoms with E-state index in [1.807, 2.05) is 0 Å². The quantitative estimate of drug-likeness (QED) is 0.151. The fourth-order valence-electron chi connectivity index (χ4n) is 13.9. The summed E-state index contributed by atoms with van der Waals surface area (Å²) in [6, 6.07) is 96.3. The van der Waals surface area contributed by atoms with Crippen molar-refractivity contribution in [2.75, 3.05) is 0 Å². The lowest BCUT2D eigenvalue weighted by atomic mass is 9.83. The molecule has 0 N–H and O–H groups in total. The predicted octanol–water partition coefficient (Wildman–Crippen LogP) is 20.9. The maximum Gasteiger partial charge on any atom is -0.000696 e. The molecule has 16 aromatic rings. The lowest BCUT2D eigenvalue weighted by Gasteiger charge is -2.20. The average molecular weight is 931 g/mol. The molecule has 0 aromatic heterocycles. The molecule has 0 atom stereocenters. The molecular weight excluding hydrogens is 889 g/mol. The van der Waals surface area contributed by atoms with Crippen LogP contribution < -0.4 is 0 Å². The van der Waals surface area contributed by atoms with Gasteiger partial charge in [0.15, 0.2) is 0 Å². The Morgan fingerprint density at radius 3 is 1.36 bits per heavy atom. The minimum atomic E-state index is 1.21. The maximum atomic E-state index is 2.57. The molecule has 0 unspecified atom stereocenters. The van der Waals surface area contributed by atoms with Gasteiger partial charge in [0.2, 0.25) is 0 Å². The second-order valence-corrected chi connectivity index (χ2v) is 20.5. The summed E-state index contributed by atoms with van der Waals surface area (Å²) in [6.45, 7) is 0. The van der Waals surface area contributed by atoms with E-state index in [4.69, 9.17) is 0 Å². The zero-order valence-corrected chi connectivity index (χ0v) is 40.2. The van der Waals surface area contributed by atoms with Crippen LogP contribution >= 0.6 is 0 Å². The molecule has 0 fully saturated rings. The van der Waals surface area contributed by atoms with Crippen molar-refractivity contribution >= 4 is 97.0 Å². The van der Waals surface area contributed by atoms with E-state index < -0.39 is 0 Å². The van der Waals surface area contributed by atoms with Crippen molar-refractivity contribution in [3.05, 3.63) is 255 Å². The Hall–Kier alpha value is -9.62. The zero-order valence-electron chi connectivity index (χ0n) is 40.2. The molecule has 0 aliphatic heterocycles. The van der Waals surface area contributed by atoms with Gasteiger partial charge in [0, 0.05) is 0 Å². The van der Waals surface area contributed by atoms with E-state index in [0.717, 1.165) is 0 Å². The van der Waals surface area contributed by atoms with E-state index in [1.54, 1.807) is 0 Å². The highest BCUT2D eigenvalue weighted by Crippen LogP contribution is 2.58. The van der Waals surface area contributed by atoms with E-state index in [-0.39, 0.29) is 0 Å². The summed E-state index contributed by atoms with van der Waals surface area (Å²) < 4.78 is 0. The van der Waals surface area contributed by atoms with Crippen LogP contribution in [-0.2, 0) is 0 Å². The minimum Gasteiger partial charge on any atom is -0.0622 e. The highest BCUT2D eigenvalue weighted by atomic mass is 14.3. The average Bonchev–Trinajstić information content (AvgIpc) is 4.21. The van der Waals surface area contributed by atoms with Crippen molar-refractivity contribution in [3.63, 3.8) is 0 Å². The van der Waals surface area contributed by atoms with Crippen LogP contribution in [0, 0.1) is 0 Å². The summed E-state index contributed by atoms with van der Waals surface area (Å²) in [4.78, 5) is 0. The SMILES string of the molecule is c1ccc(-c2cccc(-c3c4cc5c6ccccc6c6cccc(c4c(-c4cccc(-c7ccccc7)c4)c4c7cc8ccccc8c8c(-c9ccc%10c%11c(cccc9%11)-c9ccccc9-%10)ccc(c34)c78)c65)c2)cc1. The van der Waals surface area contributed by atoms with Gasteiger partial charge in [-0.15, -0.1) is 0 Å². The summed E-state index contributed by atoms with van der Waals surface area (Å²) in [5.74, 6) is 0. The van der Waals surface area contributed by atoms with Gasteiger partial charge in [-0.05, 0) is 199 Å². The Kier molecular flexibility index (Phi) is 8.09. The van der Waals surface area contributed by atoms with Gasteiger partial charge < -0.3 is 0 Å². The molecular formula is C74H42. The lowest BCUT2D eigenvalue weighted by molar-refractivity contribution is 1.61. The van der Waals surface area contributed by atoms with Crippen LogP contribution in [0.15, 0.2) is 255 Å². The largest absolute Gasteiger partial charge is 0.0622 e. The molecule has 0 saturated heterocycles. The second kappa shape index (κ2) is 15.0. The number of fused-ring (bicyclic) bond motifs is 13. The second-order valence-electron chi connectivity index (χ2n) is 20.5. The summed E-state index contributed by atoms with van der Waals surface area (Å²) in [7, 11) is 0. The van der Waals surface area contributed by atoms with Crippen LogP contribution in [0.4, 0.5) is 0 Å². The topological polar surface area (TPSA) is 0 Å². The highest BCUT2D eigenvalue weighted by Gasteiger charge is 2.29. The van der Waals surface area contributed by atoms with Gasteiger partial charge in [0.25, 0.3) is 0 Å². The molecule has 0 amide bonds. The third kappa shape index (κ3) is 5.36. The molecule has 338 valence electrons. The van der Waals surface area contributed by atoms with Crippen molar-refractivity contribution in [1.82, 2.24) is 0 Å². The monoisotopic (exact) mass is 930 g/mol. The smallest absolute Gasteiger partial charge is 0.000696 e. The Bertz CT molecular complexity index is 5010. The first-order valence-electron chi connectivity index (χ1n) is 25.9. The lowest BCUT2D eigenvalue weighted by Crippen LogP contribution is -1.92. The van der Waals surface area contributed by atoms with Crippen LogP contribution in [-0.4, -0.2) is 0 Å².